The van der Waals surface area contributed by atoms with E-state index < -0.39 is 0 Å². The summed E-state index contributed by atoms with van der Waals surface area (Å²) in [6, 6.07) is 5.73. The van der Waals surface area contributed by atoms with Gasteiger partial charge >= 0.3 is 0 Å². The van der Waals surface area contributed by atoms with E-state index in [1.807, 2.05) is 18.2 Å². The predicted octanol–water partition coefficient (Wildman–Crippen LogP) is 3.32. The molecule has 17 heavy (non-hydrogen) atoms. The van der Waals surface area contributed by atoms with Crippen LogP contribution in [0, 0.1) is 0 Å². The molecule has 0 aliphatic heterocycles. The summed E-state index contributed by atoms with van der Waals surface area (Å²) in [4.78, 5) is 0. The molecule has 0 saturated carbocycles. The van der Waals surface area contributed by atoms with E-state index in [1.54, 1.807) is 14.2 Å². The number of hydrogen-bond donors (Lipinski definition) is 1. The Hall–Kier alpha value is -0.930. The molecule has 0 aromatic heterocycles. The topological polar surface area (TPSA) is 44.5 Å². The quantitative estimate of drug-likeness (QED) is 0.852. The molecule has 0 spiro atoms. The number of hydrogen-bond acceptors (Lipinski definition) is 3. The van der Waals surface area contributed by atoms with Gasteiger partial charge < -0.3 is 15.2 Å². The van der Waals surface area contributed by atoms with Crippen LogP contribution in [0.5, 0.6) is 11.5 Å². The van der Waals surface area contributed by atoms with Crippen molar-refractivity contribution in [1.29, 1.82) is 0 Å². The van der Waals surface area contributed by atoms with Gasteiger partial charge in [0, 0.05) is 6.04 Å². The van der Waals surface area contributed by atoms with Crippen molar-refractivity contribution >= 4 is 12.4 Å². The Bertz CT molecular complexity index is 309. The van der Waals surface area contributed by atoms with Crippen molar-refractivity contribution in [2.24, 2.45) is 5.73 Å². The Morgan fingerprint density at radius 1 is 1.18 bits per heavy atom. The second-order valence-electron chi connectivity index (χ2n) is 3.82. The van der Waals surface area contributed by atoms with E-state index in [1.165, 1.54) is 0 Å². The van der Waals surface area contributed by atoms with Crippen LogP contribution < -0.4 is 15.2 Å². The largest absolute Gasteiger partial charge is 0.496 e. The summed E-state index contributed by atoms with van der Waals surface area (Å²) in [5, 5.41) is 0. The monoisotopic (exact) mass is 259 g/mol. The second-order valence-corrected chi connectivity index (χ2v) is 3.82. The summed E-state index contributed by atoms with van der Waals surface area (Å²) < 4.78 is 10.7. The van der Waals surface area contributed by atoms with Gasteiger partial charge in [-0.1, -0.05) is 25.8 Å². The first kappa shape index (κ1) is 16.1. The van der Waals surface area contributed by atoms with E-state index in [0.29, 0.717) is 0 Å². The number of benzene rings is 1. The molecule has 0 aliphatic rings. The molecule has 3 nitrogen and oxygen atoms in total. The molecule has 0 saturated heterocycles. The lowest BCUT2D eigenvalue weighted by Gasteiger charge is -2.18. The first-order chi connectivity index (χ1) is 7.74. The van der Waals surface area contributed by atoms with E-state index in [2.05, 4.69) is 6.92 Å². The van der Waals surface area contributed by atoms with Gasteiger partial charge in [0.25, 0.3) is 0 Å². The number of rotatable bonds is 6. The van der Waals surface area contributed by atoms with E-state index in [0.717, 1.165) is 36.3 Å². The highest BCUT2D eigenvalue weighted by Gasteiger charge is 2.16. The van der Waals surface area contributed by atoms with Gasteiger partial charge in [0.1, 0.15) is 11.5 Å². The third kappa shape index (κ3) is 4.10. The minimum atomic E-state index is -0.0222. The van der Waals surface area contributed by atoms with Crippen LogP contribution >= 0.6 is 12.4 Å². The summed E-state index contributed by atoms with van der Waals surface area (Å²) in [7, 11) is 3.32. The van der Waals surface area contributed by atoms with Crippen molar-refractivity contribution in [2.45, 2.75) is 32.2 Å². The van der Waals surface area contributed by atoms with Crippen molar-refractivity contribution < 1.29 is 9.47 Å². The van der Waals surface area contributed by atoms with Gasteiger partial charge in [0.15, 0.2) is 0 Å². The zero-order valence-electron chi connectivity index (χ0n) is 10.7. The smallest absolute Gasteiger partial charge is 0.127 e. The van der Waals surface area contributed by atoms with Crippen LogP contribution in [-0.4, -0.2) is 14.2 Å². The van der Waals surface area contributed by atoms with Crippen molar-refractivity contribution in [3.8, 4) is 11.5 Å². The Balaban J connectivity index is 0.00000256. The van der Waals surface area contributed by atoms with E-state index in [9.17, 15) is 0 Å². The molecule has 0 radical (unpaired) electrons. The van der Waals surface area contributed by atoms with Gasteiger partial charge in [0.2, 0.25) is 0 Å². The Kier molecular flexibility index (Phi) is 7.75. The number of unbranched alkanes of at least 4 members (excludes halogenated alkanes) is 1. The lowest BCUT2D eigenvalue weighted by molar-refractivity contribution is 0.376. The highest BCUT2D eigenvalue weighted by molar-refractivity contribution is 5.85. The molecule has 98 valence electrons. The molecule has 1 atom stereocenters. The van der Waals surface area contributed by atoms with Crippen LogP contribution in [0.1, 0.15) is 37.8 Å². The molecular formula is C13H22ClNO2. The normalized spacial score (nSPS) is 11.5. The third-order valence-electron chi connectivity index (χ3n) is 2.71. The average Bonchev–Trinajstić information content (AvgIpc) is 2.34. The van der Waals surface area contributed by atoms with Crippen LogP contribution in [0.25, 0.3) is 0 Å². The van der Waals surface area contributed by atoms with E-state index >= 15 is 0 Å². The van der Waals surface area contributed by atoms with Crippen LogP contribution in [0.3, 0.4) is 0 Å². The number of ether oxygens (including phenoxy) is 2. The molecule has 1 aromatic carbocycles. The molecule has 0 aliphatic carbocycles. The fraction of sp³-hybridized carbons (Fsp3) is 0.538. The average molecular weight is 260 g/mol. The first-order valence-corrected chi connectivity index (χ1v) is 5.71. The Labute approximate surface area is 110 Å². The molecule has 0 bridgehead atoms. The highest BCUT2D eigenvalue weighted by Crippen LogP contribution is 2.34. The van der Waals surface area contributed by atoms with E-state index in [4.69, 9.17) is 15.2 Å². The molecule has 0 amide bonds. The molecular weight excluding hydrogens is 238 g/mol. The molecule has 1 aromatic rings. The predicted molar refractivity (Wildman–Crippen MR) is 73.2 cm³/mol. The lowest BCUT2D eigenvalue weighted by Crippen LogP contribution is -2.12. The number of nitrogens with two attached hydrogens (primary N) is 1. The van der Waals surface area contributed by atoms with Crippen molar-refractivity contribution in [1.82, 2.24) is 0 Å². The van der Waals surface area contributed by atoms with Crippen LogP contribution in [0.2, 0.25) is 0 Å². The lowest BCUT2D eigenvalue weighted by atomic mass is 10.00. The summed E-state index contributed by atoms with van der Waals surface area (Å²) in [5.74, 6) is 1.62. The Morgan fingerprint density at radius 2 is 1.71 bits per heavy atom. The van der Waals surface area contributed by atoms with Crippen molar-refractivity contribution in [3.05, 3.63) is 23.8 Å². The van der Waals surface area contributed by atoms with Crippen LogP contribution in [0.4, 0.5) is 0 Å². The molecule has 0 heterocycles. The summed E-state index contributed by atoms with van der Waals surface area (Å²) in [5.41, 5.74) is 7.15. The molecule has 1 rings (SSSR count). The maximum absolute atomic E-state index is 6.17. The third-order valence-corrected chi connectivity index (χ3v) is 2.71. The first-order valence-electron chi connectivity index (χ1n) is 5.71. The molecule has 0 fully saturated rings. The molecule has 2 N–H and O–H groups in total. The Morgan fingerprint density at radius 3 is 2.12 bits per heavy atom. The summed E-state index contributed by atoms with van der Waals surface area (Å²) >= 11 is 0. The SMILES string of the molecule is CCCC[C@@H](N)c1c(OC)cccc1OC.Cl. The fourth-order valence-electron chi connectivity index (χ4n) is 1.81. The van der Waals surface area contributed by atoms with Gasteiger partial charge in [-0.15, -0.1) is 12.4 Å². The minimum Gasteiger partial charge on any atom is -0.496 e. The van der Waals surface area contributed by atoms with Crippen LogP contribution in [0.15, 0.2) is 18.2 Å². The number of halogens is 1. The molecule has 0 unspecified atom stereocenters. The van der Waals surface area contributed by atoms with Gasteiger partial charge in [-0.3, -0.25) is 0 Å². The van der Waals surface area contributed by atoms with E-state index in [-0.39, 0.29) is 18.4 Å². The highest BCUT2D eigenvalue weighted by atomic mass is 35.5. The standard InChI is InChI=1S/C13H21NO2.ClH/c1-4-5-7-10(14)13-11(15-2)8-6-9-12(13)16-3;/h6,8-10H,4-5,7,14H2,1-3H3;1H/t10-;/m1./s1. The maximum Gasteiger partial charge on any atom is 0.127 e. The van der Waals surface area contributed by atoms with Gasteiger partial charge in [0.05, 0.1) is 19.8 Å². The zero-order valence-corrected chi connectivity index (χ0v) is 11.5. The summed E-state index contributed by atoms with van der Waals surface area (Å²) in [6.45, 7) is 2.16. The summed E-state index contributed by atoms with van der Waals surface area (Å²) in [6.07, 6.45) is 3.21. The van der Waals surface area contributed by atoms with Gasteiger partial charge in [-0.2, -0.15) is 0 Å². The van der Waals surface area contributed by atoms with Gasteiger partial charge in [-0.25, -0.2) is 0 Å². The zero-order chi connectivity index (χ0) is 12.0. The minimum absolute atomic E-state index is 0. The maximum atomic E-state index is 6.17. The van der Waals surface area contributed by atoms with Gasteiger partial charge in [-0.05, 0) is 18.6 Å². The van der Waals surface area contributed by atoms with Crippen molar-refractivity contribution in [3.63, 3.8) is 0 Å². The molecule has 4 heteroatoms. The fourth-order valence-corrected chi connectivity index (χ4v) is 1.81. The second kappa shape index (κ2) is 8.20. The number of methoxy groups -OCH3 is 2. The van der Waals surface area contributed by atoms with Crippen LogP contribution in [-0.2, 0) is 0 Å². The van der Waals surface area contributed by atoms with Crippen molar-refractivity contribution in [2.75, 3.05) is 14.2 Å².